The van der Waals surface area contributed by atoms with Gasteiger partial charge in [0.05, 0.1) is 12.3 Å². The topological polar surface area (TPSA) is 61.2 Å². The van der Waals surface area contributed by atoms with E-state index in [2.05, 4.69) is 5.10 Å². The van der Waals surface area contributed by atoms with Gasteiger partial charge in [0.25, 0.3) is 5.56 Å². The third-order valence-electron chi connectivity index (χ3n) is 2.21. The maximum absolute atomic E-state index is 11.7. The molecule has 0 aromatic carbocycles. The number of nitrogens with zero attached hydrogens (tertiary/aromatic N) is 2. The summed E-state index contributed by atoms with van der Waals surface area (Å²) in [5.74, 6) is -0.582. The van der Waals surface area contributed by atoms with Gasteiger partial charge in [0.15, 0.2) is 0 Å². The molecule has 0 unspecified atom stereocenters. The number of rotatable bonds is 2. The number of carbonyl (C=O) groups is 1. The Morgan fingerprint density at radius 1 is 1.47 bits per heavy atom. The van der Waals surface area contributed by atoms with E-state index in [-0.39, 0.29) is 12.2 Å². The molecule has 0 aliphatic carbocycles. The highest BCUT2D eigenvalue weighted by atomic mass is 16.5. The number of ether oxygens (including phenoxy) is 1. The number of esters is 1. The Balaban J connectivity index is 3.39. The zero-order valence-corrected chi connectivity index (χ0v) is 9.33. The number of aromatic nitrogens is 2. The van der Waals surface area contributed by atoms with E-state index in [1.807, 2.05) is 0 Å². The molecule has 0 saturated carbocycles. The lowest BCUT2D eigenvalue weighted by molar-refractivity contribution is 0.0522. The maximum atomic E-state index is 11.7. The molecule has 0 atom stereocenters. The van der Waals surface area contributed by atoms with Crippen LogP contribution in [0.2, 0.25) is 0 Å². The smallest absolute Gasteiger partial charge is 0.344 e. The van der Waals surface area contributed by atoms with Gasteiger partial charge in [0.1, 0.15) is 5.56 Å². The van der Waals surface area contributed by atoms with Crippen LogP contribution in [0.1, 0.15) is 28.5 Å². The van der Waals surface area contributed by atoms with E-state index >= 15 is 0 Å². The molecular weight excluding hydrogens is 196 g/mol. The van der Waals surface area contributed by atoms with Gasteiger partial charge in [0.2, 0.25) is 0 Å². The summed E-state index contributed by atoms with van der Waals surface area (Å²) < 4.78 is 5.97. The first-order chi connectivity index (χ1) is 6.99. The SMILES string of the molecule is CCOC(=O)c1c(C)c(C)nn(C)c1=O. The zero-order chi connectivity index (χ0) is 11.6. The van der Waals surface area contributed by atoms with Crippen molar-refractivity contribution < 1.29 is 9.53 Å². The van der Waals surface area contributed by atoms with Crippen LogP contribution >= 0.6 is 0 Å². The monoisotopic (exact) mass is 210 g/mol. The zero-order valence-electron chi connectivity index (χ0n) is 9.33. The van der Waals surface area contributed by atoms with Crippen LogP contribution in [0, 0.1) is 13.8 Å². The van der Waals surface area contributed by atoms with E-state index in [0.29, 0.717) is 11.3 Å². The van der Waals surface area contributed by atoms with E-state index in [9.17, 15) is 9.59 Å². The fraction of sp³-hybridized carbons (Fsp3) is 0.500. The minimum Gasteiger partial charge on any atom is -0.462 e. The van der Waals surface area contributed by atoms with E-state index in [1.165, 1.54) is 7.05 Å². The van der Waals surface area contributed by atoms with Crippen molar-refractivity contribution in [2.24, 2.45) is 7.05 Å². The summed E-state index contributed by atoms with van der Waals surface area (Å²) in [5, 5.41) is 3.97. The second kappa shape index (κ2) is 4.25. The molecule has 0 N–H and O–H groups in total. The Morgan fingerprint density at radius 3 is 2.60 bits per heavy atom. The van der Waals surface area contributed by atoms with E-state index < -0.39 is 11.5 Å². The largest absolute Gasteiger partial charge is 0.462 e. The van der Waals surface area contributed by atoms with Crippen LogP contribution in [0.25, 0.3) is 0 Å². The van der Waals surface area contributed by atoms with Gasteiger partial charge in [-0.2, -0.15) is 5.10 Å². The Bertz CT molecular complexity index is 449. The highest BCUT2D eigenvalue weighted by Crippen LogP contribution is 2.07. The van der Waals surface area contributed by atoms with Crippen LogP contribution in [-0.2, 0) is 11.8 Å². The predicted molar refractivity (Wildman–Crippen MR) is 54.9 cm³/mol. The van der Waals surface area contributed by atoms with Crippen molar-refractivity contribution in [2.75, 3.05) is 6.61 Å². The lowest BCUT2D eigenvalue weighted by Gasteiger charge is -2.08. The van der Waals surface area contributed by atoms with E-state index in [4.69, 9.17) is 4.74 Å². The average Bonchev–Trinajstić information content (AvgIpc) is 2.16. The molecule has 0 aliphatic rings. The van der Waals surface area contributed by atoms with Gasteiger partial charge < -0.3 is 4.74 Å². The van der Waals surface area contributed by atoms with Crippen molar-refractivity contribution in [3.63, 3.8) is 0 Å². The highest BCUT2D eigenvalue weighted by molar-refractivity contribution is 5.90. The quantitative estimate of drug-likeness (QED) is 0.670. The minimum atomic E-state index is -0.582. The first-order valence-corrected chi connectivity index (χ1v) is 4.70. The van der Waals surface area contributed by atoms with Crippen molar-refractivity contribution >= 4 is 5.97 Å². The van der Waals surface area contributed by atoms with E-state index in [0.717, 1.165) is 4.68 Å². The van der Waals surface area contributed by atoms with Crippen molar-refractivity contribution in [2.45, 2.75) is 20.8 Å². The summed E-state index contributed by atoms with van der Waals surface area (Å²) in [4.78, 5) is 23.2. The van der Waals surface area contributed by atoms with Crippen LogP contribution < -0.4 is 5.56 Å². The number of hydrogen-bond acceptors (Lipinski definition) is 4. The van der Waals surface area contributed by atoms with Crippen molar-refractivity contribution in [1.29, 1.82) is 0 Å². The van der Waals surface area contributed by atoms with Crippen molar-refractivity contribution in [3.05, 3.63) is 27.2 Å². The van der Waals surface area contributed by atoms with Gasteiger partial charge in [-0.05, 0) is 26.3 Å². The summed E-state index contributed by atoms with van der Waals surface area (Å²) >= 11 is 0. The van der Waals surface area contributed by atoms with Gasteiger partial charge in [-0.25, -0.2) is 9.48 Å². The number of aryl methyl sites for hydroxylation is 2. The second-order valence-electron chi connectivity index (χ2n) is 3.23. The number of carbonyl (C=O) groups excluding carboxylic acids is 1. The Hall–Kier alpha value is -1.65. The molecule has 0 bridgehead atoms. The summed E-state index contributed by atoms with van der Waals surface area (Å²) in [5.41, 5.74) is 0.889. The molecular formula is C10H14N2O3. The Morgan fingerprint density at radius 2 is 2.07 bits per heavy atom. The first kappa shape index (κ1) is 11.4. The molecule has 1 aromatic heterocycles. The molecule has 5 heteroatoms. The van der Waals surface area contributed by atoms with Crippen LogP contribution in [0.15, 0.2) is 4.79 Å². The number of hydrogen-bond donors (Lipinski definition) is 0. The van der Waals surface area contributed by atoms with Crippen LogP contribution in [0.4, 0.5) is 0 Å². The Kier molecular flexibility index (Phi) is 3.24. The van der Waals surface area contributed by atoms with Gasteiger partial charge in [-0.3, -0.25) is 4.79 Å². The lowest BCUT2D eigenvalue weighted by atomic mass is 10.1. The fourth-order valence-electron chi connectivity index (χ4n) is 1.29. The molecule has 0 saturated heterocycles. The normalized spacial score (nSPS) is 10.1. The van der Waals surface area contributed by atoms with Gasteiger partial charge in [0, 0.05) is 7.05 Å². The third-order valence-corrected chi connectivity index (χ3v) is 2.21. The van der Waals surface area contributed by atoms with Crippen LogP contribution in [-0.4, -0.2) is 22.4 Å². The highest BCUT2D eigenvalue weighted by Gasteiger charge is 2.18. The summed E-state index contributed by atoms with van der Waals surface area (Å²) in [6.45, 7) is 5.39. The standard InChI is InChI=1S/C10H14N2O3/c1-5-15-10(14)8-6(2)7(3)11-12(4)9(8)13/h5H2,1-4H3. The lowest BCUT2D eigenvalue weighted by Crippen LogP contribution is -2.29. The molecule has 1 aromatic rings. The molecule has 0 spiro atoms. The average molecular weight is 210 g/mol. The molecule has 15 heavy (non-hydrogen) atoms. The molecule has 0 amide bonds. The first-order valence-electron chi connectivity index (χ1n) is 4.70. The molecule has 0 radical (unpaired) electrons. The fourth-order valence-corrected chi connectivity index (χ4v) is 1.29. The third kappa shape index (κ3) is 2.06. The Labute approximate surface area is 87.7 Å². The van der Waals surface area contributed by atoms with Gasteiger partial charge >= 0.3 is 5.97 Å². The summed E-state index contributed by atoms with van der Waals surface area (Å²) in [7, 11) is 1.51. The minimum absolute atomic E-state index is 0.0758. The maximum Gasteiger partial charge on any atom is 0.344 e. The molecule has 0 aliphatic heterocycles. The van der Waals surface area contributed by atoms with E-state index in [1.54, 1.807) is 20.8 Å². The molecule has 1 rings (SSSR count). The molecule has 1 heterocycles. The van der Waals surface area contributed by atoms with Gasteiger partial charge in [-0.15, -0.1) is 0 Å². The second-order valence-corrected chi connectivity index (χ2v) is 3.23. The molecule has 5 nitrogen and oxygen atoms in total. The predicted octanol–water partition coefficient (Wildman–Crippen LogP) is 0.574. The summed E-state index contributed by atoms with van der Waals surface area (Å²) in [6.07, 6.45) is 0. The molecule has 82 valence electrons. The van der Waals surface area contributed by atoms with Crippen molar-refractivity contribution in [1.82, 2.24) is 9.78 Å². The van der Waals surface area contributed by atoms with Crippen molar-refractivity contribution in [3.8, 4) is 0 Å². The van der Waals surface area contributed by atoms with Gasteiger partial charge in [-0.1, -0.05) is 0 Å². The summed E-state index contributed by atoms with van der Waals surface area (Å²) in [6, 6.07) is 0. The molecule has 0 fully saturated rings. The van der Waals surface area contributed by atoms with Crippen LogP contribution in [0.5, 0.6) is 0 Å². The van der Waals surface area contributed by atoms with Crippen LogP contribution in [0.3, 0.4) is 0 Å².